The number of amides is 2. The maximum atomic E-state index is 12.7. The van der Waals surface area contributed by atoms with Crippen LogP contribution in [0.3, 0.4) is 0 Å². The number of carbonyl (C=O) groups is 2. The van der Waals surface area contributed by atoms with Crippen LogP contribution in [0, 0.1) is 0 Å². The van der Waals surface area contributed by atoms with E-state index in [4.69, 9.17) is 4.74 Å². The first-order valence-electron chi connectivity index (χ1n) is 11.8. The Hall–Kier alpha value is -2.74. The van der Waals surface area contributed by atoms with Crippen LogP contribution in [0.25, 0.3) is 11.1 Å². The van der Waals surface area contributed by atoms with Crippen molar-refractivity contribution in [2.75, 3.05) is 65.6 Å². The van der Waals surface area contributed by atoms with E-state index < -0.39 is 0 Å². The molecule has 0 aliphatic carbocycles. The molecule has 0 radical (unpaired) electrons. The topological polar surface area (TPSA) is 65.1 Å². The van der Waals surface area contributed by atoms with Crippen molar-refractivity contribution >= 4 is 11.8 Å². The first kappa shape index (κ1) is 23.4. The maximum Gasteiger partial charge on any atom is 0.236 e. The molecule has 0 aromatic heterocycles. The molecule has 0 unspecified atom stereocenters. The molecular formula is C26H34N4O3. The molecule has 0 bridgehead atoms. The van der Waals surface area contributed by atoms with Crippen molar-refractivity contribution in [2.24, 2.45) is 0 Å². The second kappa shape index (κ2) is 11.4. The van der Waals surface area contributed by atoms with Crippen LogP contribution in [-0.4, -0.2) is 92.1 Å². The molecule has 2 aliphatic heterocycles. The summed E-state index contributed by atoms with van der Waals surface area (Å²) in [5.74, 6) is 0.272. The number of nitrogens with one attached hydrogen (secondary N) is 1. The van der Waals surface area contributed by atoms with Gasteiger partial charge in [0, 0.05) is 45.3 Å². The summed E-state index contributed by atoms with van der Waals surface area (Å²) >= 11 is 0. The van der Waals surface area contributed by atoms with Gasteiger partial charge in [-0.15, -0.1) is 0 Å². The lowest BCUT2D eigenvalue weighted by Crippen LogP contribution is -2.53. The Labute approximate surface area is 196 Å². The molecule has 2 fully saturated rings. The average Bonchev–Trinajstić information content (AvgIpc) is 2.88. The third kappa shape index (κ3) is 6.41. The number of morpholine rings is 1. The number of rotatable bonds is 7. The number of hydrogen-bond donors (Lipinski definition) is 1. The van der Waals surface area contributed by atoms with Gasteiger partial charge in [-0.05, 0) is 23.6 Å². The van der Waals surface area contributed by atoms with Gasteiger partial charge >= 0.3 is 0 Å². The average molecular weight is 451 g/mol. The summed E-state index contributed by atoms with van der Waals surface area (Å²) in [4.78, 5) is 31.1. The van der Waals surface area contributed by atoms with Crippen molar-refractivity contribution in [1.82, 2.24) is 20.0 Å². The fraction of sp³-hybridized carbons (Fsp3) is 0.462. The fourth-order valence-electron chi connectivity index (χ4n) is 4.32. The molecule has 1 atom stereocenters. The maximum absolute atomic E-state index is 12.7. The molecule has 2 saturated heterocycles. The van der Waals surface area contributed by atoms with E-state index in [9.17, 15) is 9.59 Å². The molecule has 2 aliphatic rings. The van der Waals surface area contributed by atoms with Crippen molar-refractivity contribution in [1.29, 1.82) is 0 Å². The second-order valence-electron chi connectivity index (χ2n) is 8.74. The zero-order valence-electron chi connectivity index (χ0n) is 19.4. The van der Waals surface area contributed by atoms with Gasteiger partial charge in [0.25, 0.3) is 0 Å². The standard InChI is InChI=1S/C26H34N4O3/c1-21(22-7-9-24(10-8-22)23-5-3-2-4-6-23)27-19-25(31)29-13-11-28(12-14-29)20-26(32)30-15-17-33-18-16-30/h2-10,21,27H,11-20H2,1H3/t21-/m0/s1. The SMILES string of the molecule is C[C@H](NCC(=O)N1CCN(CC(=O)N2CCOCC2)CC1)c1ccc(-c2ccccc2)cc1. The highest BCUT2D eigenvalue weighted by molar-refractivity contribution is 5.79. The van der Waals surface area contributed by atoms with E-state index in [1.807, 2.05) is 28.0 Å². The molecule has 176 valence electrons. The fourth-order valence-corrected chi connectivity index (χ4v) is 4.32. The van der Waals surface area contributed by atoms with Crippen LogP contribution in [0.15, 0.2) is 54.6 Å². The summed E-state index contributed by atoms with van der Waals surface area (Å²) < 4.78 is 5.31. The number of benzene rings is 2. The minimum absolute atomic E-state index is 0.0891. The van der Waals surface area contributed by atoms with Crippen molar-refractivity contribution in [3.8, 4) is 11.1 Å². The molecular weight excluding hydrogens is 416 g/mol. The molecule has 2 aromatic rings. The number of carbonyl (C=O) groups excluding carboxylic acids is 2. The van der Waals surface area contributed by atoms with Gasteiger partial charge in [0.2, 0.25) is 11.8 Å². The van der Waals surface area contributed by atoms with E-state index in [-0.39, 0.29) is 17.9 Å². The lowest BCUT2D eigenvalue weighted by atomic mass is 10.0. The van der Waals surface area contributed by atoms with Crippen LogP contribution in [0.5, 0.6) is 0 Å². The normalized spacial score (nSPS) is 18.2. The summed E-state index contributed by atoms with van der Waals surface area (Å²) in [5, 5.41) is 3.36. The van der Waals surface area contributed by atoms with Gasteiger partial charge in [-0.1, -0.05) is 54.6 Å². The van der Waals surface area contributed by atoms with Gasteiger partial charge in [-0.2, -0.15) is 0 Å². The van der Waals surface area contributed by atoms with Crippen LogP contribution >= 0.6 is 0 Å². The highest BCUT2D eigenvalue weighted by Gasteiger charge is 2.25. The summed E-state index contributed by atoms with van der Waals surface area (Å²) in [6, 6.07) is 18.9. The Balaban J connectivity index is 1.19. The van der Waals surface area contributed by atoms with Crippen molar-refractivity contribution in [3.05, 3.63) is 60.2 Å². The molecule has 7 heteroatoms. The van der Waals surface area contributed by atoms with Gasteiger partial charge in [-0.3, -0.25) is 14.5 Å². The van der Waals surface area contributed by atoms with Crippen LogP contribution in [0.1, 0.15) is 18.5 Å². The third-order valence-electron chi connectivity index (χ3n) is 6.52. The Morgan fingerprint density at radius 1 is 0.818 bits per heavy atom. The smallest absolute Gasteiger partial charge is 0.236 e. The summed E-state index contributed by atoms with van der Waals surface area (Å²) in [6.45, 7) is 8.22. The summed E-state index contributed by atoms with van der Waals surface area (Å²) in [7, 11) is 0. The number of piperazine rings is 1. The Morgan fingerprint density at radius 2 is 1.42 bits per heavy atom. The third-order valence-corrected chi connectivity index (χ3v) is 6.52. The van der Waals surface area contributed by atoms with Crippen molar-refractivity contribution < 1.29 is 14.3 Å². The number of ether oxygens (including phenoxy) is 1. The van der Waals surface area contributed by atoms with E-state index in [0.717, 1.165) is 18.7 Å². The molecule has 4 rings (SSSR count). The molecule has 2 heterocycles. The van der Waals surface area contributed by atoms with E-state index in [0.29, 0.717) is 52.5 Å². The number of hydrogen-bond acceptors (Lipinski definition) is 5. The predicted octanol–water partition coefficient (Wildman–Crippen LogP) is 2.01. The molecule has 2 amide bonds. The monoisotopic (exact) mass is 450 g/mol. The first-order chi connectivity index (χ1) is 16.1. The van der Waals surface area contributed by atoms with Gasteiger partial charge in [0.15, 0.2) is 0 Å². The van der Waals surface area contributed by atoms with Crippen molar-refractivity contribution in [3.63, 3.8) is 0 Å². The minimum Gasteiger partial charge on any atom is -0.378 e. The van der Waals surface area contributed by atoms with E-state index >= 15 is 0 Å². The Morgan fingerprint density at radius 3 is 2.09 bits per heavy atom. The zero-order valence-corrected chi connectivity index (χ0v) is 19.4. The molecule has 0 spiro atoms. The highest BCUT2D eigenvalue weighted by atomic mass is 16.5. The van der Waals surface area contributed by atoms with Crippen LogP contribution in [0.2, 0.25) is 0 Å². The molecule has 2 aromatic carbocycles. The van der Waals surface area contributed by atoms with Gasteiger partial charge in [0.1, 0.15) is 0 Å². The Kier molecular flexibility index (Phi) is 8.10. The largest absolute Gasteiger partial charge is 0.378 e. The predicted molar refractivity (Wildman–Crippen MR) is 129 cm³/mol. The van der Waals surface area contributed by atoms with Crippen LogP contribution < -0.4 is 5.32 Å². The minimum atomic E-state index is 0.0891. The molecule has 33 heavy (non-hydrogen) atoms. The number of nitrogens with zero attached hydrogens (tertiary/aromatic N) is 3. The van der Waals surface area contributed by atoms with E-state index in [1.165, 1.54) is 11.1 Å². The van der Waals surface area contributed by atoms with Gasteiger partial charge < -0.3 is 19.9 Å². The van der Waals surface area contributed by atoms with Gasteiger partial charge in [0.05, 0.1) is 26.3 Å². The highest BCUT2D eigenvalue weighted by Crippen LogP contribution is 2.21. The van der Waals surface area contributed by atoms with E-state index in [2.05, 4.69) is 53.5 Å². The quantitative estimate of drug-likeness (QED) is 0.699. The zero-order chi connectivity index (χ0) is 23.0. The lowest BCUT2D eigenvalue weighted by molar-refractivity contribution is -0.137. The molecule has 7 nitrogen and oxygen atoms in total. The van der Waals surface area contributed by atoms with Crippen molar-refractivity contribution in [2.45, 2.75) is 13.0 Å². The Bertz CT molecular complexity index is 905. The van der Waals surface area contributed by atoms with Crippen LogP contribution in [-0.2, 0) is 14.3 Å². The molecule has 0 saturated carbocycles. The lowest BCUT2D eigenvalue weighted by Gasteiger charge is -2.36. The first-order valence-corrected chi connectivity index (χ1v) is 11.8. The second-order valence-corrected chi connectivity index (χ2v) is 8.74. The van der Waals surface area contributed by atoms with Gasteiger partial charge in [-0.25, -0.2) is 0 Å². The summed E-state index contributed by atoms with van der Waals surface area (Å²) in [5.41, 5.74) is 3.55. The van der Waals surface area contributed by atoms with Crippen LogP contribution in [0.4, 0.5) is 0 Å². The van der Waals surface area contributed by atoms with E-state index in [1.54, 1.807) is 0 Å². The molecule has 1 N–H and O–H groups in total. The summed E-state index contributed by atoms with van der Waals surface area (Å²) in [6.07, 6.45) is 0.